The number of amidine groups is 1. The maximum absolute atomic E-state index is 5.77. The lowest BCUT2D eigenvalue weighted by atomic mass is 10.3. The molecule has 0 radical (unpaired) electrons. The molecule has 1 aromatic rings. The summed E-state index contributed by atoms with van der Waals surface area (Å²) in [5, 5.41) is 0.744. The minimum atomic E-state index is 0. The van der Waals surface area contributed by atoms with Gasteiger partial charge in [0.25, 0.3) is 0 Å². The van der Waals surface area contributed by atoms with E-state index in [1.54, 1.807) is 0 Å². The first-order valence-corrected chi connectivity index (χ1v) is 5.03. The first kappa shape index (κ1) is 12.1. The van der Waals surface area contributed by atoms with Crippen molar-refractivity contribution in [1.82, 2.24) is 5.43 Å². The van der Waals surface area contributed by atoms with Crippen LogP contribution in [0, 0.1) is 0 Å². The van der Waals surface area contributed by atoms with Crippen LogP contribution in [0.15, 0.2) is 29.3 Å². The van der Waals surface area contributed by atoms with E-state index in [4.69, 9.17) is 11.6 Å². The first-order valence-electron chi connectivity index (χ1n) is 4.65. The van der Waals surface area contributed by atoms with Crippen molar-refractivity contribution >= 4 is 35.5 Å². The number of benzene rings is 1. The second-order valence-corrected chi connectivity index (χ2v) is 3.63. The zero-order chi connectivity index (χ0) is 9.80. The highest BCUT2D eigenvalue weighted by Crippen LogP contribution is 2.12. The second-order valence-electron chi connectivity index (χ2n) is 3.19. The van der Waals surface area contributed by atoms with Crippen molar-refractivity contribution in [3.63, 3.8) is 0 Å². The largest absolute Gasteiger partial charge is 0.300 e. The smallest absolute Gasteiger partial charge is 0.115 e. The number of hydrogen-bond donors (Lipinski definition) is 2. The molecule has 5 heteroatoms. The Hall–Kier alpha value is -0.930. The molecule has 1 aliphatic heterocycles. The lowest BCUT2D eigenvalue weighted by molar-refractivity contribution is 0.944. The van der Waals surface area contributed by atoms with Crippen molar-refractivity contribution in [3.05, 3.63) is 29.3 Å². The molecule has 15 heavy (non-hydrogen) atoms. The lowest BCUT2D eigenvalue weighted by Gasteiger charge is -2.08. The predicted octanol–water partition coefficient (Wildman–Crippen LogP) is 2.87. The second kappa shape index (κ2) is 5.83. The average Bonchev–Trinajstić information content (AvgIpc) is 2.70. The average molecular weight is 246 g/mol. The standard InChI is InChI=1S/C10H12ClN3.ClH/c11-8-3-5-9(6-4-8)13-14-10-2-1-7-12-10;/h3-6,13H,1-2,7H2,(H,12,14);1H. The van der Waals surface area contributed by atoms with Crippen LogP contribution in [0.1, 0.15) is 12.8 Å². The van der Waals surface area contributed by atoms with Gasteiger partial charge in [-0.05, 0) is 30.7 Å². The molecule has 0 amide bonds. The summed E-state index contributed by atoms with van der Waals surface area (Å²) in [6.45, 7) is 0.935. The van der Waals surface area contributed by atoms with E-state index >= 15 is 0 Å². The molecule has 0 spiro atoms. The number of hydrogen-bond acceptors (Lipinski definition) is 3. The van der Waals surface area contributed by atoms with E-state index in [0.717, 1.165) is 35.9 Å². The van der Waals surface area contributed by atoms with Crippen molar-refractivity contribution in [2.75, 3.05) is 12.0 Å². The SMILES string of the molecule is Cl.Clc1ccc(NNC2=NCCC2)cc1. The molecule has 0 saturated heterocycles. The van der Waals surface area contributed by atoms with Gasteiger partial charge in [-0.2, -0.15) is 0 Å². The third-order valence-electron chi connectivity index (χ3n) is 2.07. The Morgan fingerprint density at radius 2 is 1.87 bits per heavy atom. The molecule has 3 nitrogen and oxygen atoms in total. The number of hydrazine groups is 1. The van der Waals surface area contributed by atoms with E-state index in [-0.39, 0.29) is 12.4 Å². The summed E-state index contributed by atoms with van der Waals surface area (Å²) in [6.07, 6.45) is 2.17. The number of nitrogens with zero attached hydrogens (tertiary/aromatic N) is 1. The molecule has 1 aromatic carbocycles. The molecule has 0 fully saturated rings. The Morgan fingerprint density at radius 3 is 2.47 bits per heavy atom. The van der Waals surface area contributed by atoms with Crippen LogP contribution in [-0.4, -0.2) is 12.4 Å². The van der Waals surface area contributed by atoms with Crippen molar-refractivity contribution in [3.8, 4) is 0 Å². The molecular formula is C10H13Cl2N3. The van der Waals surface area contributed by atoms with Gasteiger partial charge in [0, 0.05) is 18.0 Å². The van der Waals surface area contributed by atoms with Crippen LogP contribution in [0.4, 0.5) is 5.69 Å². The topological polar surface area (TPSA) is 36.4 Å². The van der Waals surface area contributed by atoms with Gasteiger partial charge in [-0.15, -0.1) is 12.4 Å². The molecule has 82 valence electrons. The number of rotatable bonds is 2. The number of halogens is 2. The fraction of sp³-hybridized carbons (Fsp3) is 0.300. The Bertz CT molecular complexity index is 335. The van der Waals surface area contributed by atoms with E-state index in [9.17, 15) is 0 Å². The lowest BCUT2D eigenvalue weighted by Crippen LogP contribution is -2.27. The van der Waals surface area contributed by atoms with E-state index < -0.39 is 0 Å². The molecule has 0 aliphatic carbocycles. The third-order valence-corrected chi connectivity index (χ3v) is 2.32. The van der Waals surface area contributed by atoms with Gasteiger partial charge in [0.05, 0.1) is 5.69 Å². The summed E-state index contributed by atoms with van der Waals surface area (Å²) in [5.41, 5.74) is 7.14. The van der Waals surface area contributed by atoms with Crippen LogP contribution in [0.25, 0.3) is 0 Å². The van der Waals surface area contributed by atoms with Gasteiger partial charge in [-0.25, -0.2) is 0 Å². The molecule has 0 atom stereocenters. The number of aliphatic imine (C=N–C) groups is 1. The molecule has 1 heterocycles. The van der Waals surface area contributed by atoms with Crippen LogP contribution in [0.3, 0.4) is 0 Å². The normalized spacial score (nSPS) is 14.1. The van der Waals surface area contributed by atoms with Crippen LogP contribution >= 0.6 is 24.0 Å². The molecule has 0 unspecified atom stereocenters. The van der Waals surface area contributed by atoms with Crippen molar-refractivity contribution in [1.29, 1.82) is 0 Å². The van der Waals surface area contributed by atoms with Gasteiger partial charge < -0.3 is 0 Å². The van der Waals surface area contributed by atoms with E-state index in [2.05, 4.69) is 15.8 Å². The first-order chi connectivity index (χ1) is 6.84. The van der Waals surface area contributed by atoms with Gasteiger partial charge in [0.1, 0.15) is 5.84 Å². The van der Waals surface area contributed by atoms with Gasteiger partial charge in [0.2, 0.25) is 0 Å². The van der Waals surface area contributed by atoms with Crippen LogP contribution < -0.4 is 10.9 Å². The zero-order valence-corrected chi connectivity index (χ0v) is 9.74. The Kier molecular flexibility index (Phi) is 4.72. The highest BCUT2D eigenvalue weighted by atomic mass is 35.5. The maximum Gasteiger partial charge on any atom is 0.115 e. The minimum Gasteiger partial charge on any atom is -0.300 e. The molecule has 0 bridgehead atoms. The minimum absolute atomic E-state index is 0. The van der Waals surface area contributed by atoms with E-state index in [1.807, 2.05) is 24.3 Å². The molecule has 1 aliphatic rings. The number of nitrogens with one attached hydrogen (secondary N) is 2. The maximum atomic E-state index is 5.77. The molecule has 0 saturated carbocycles. The van der Waals surface area contributed by atoms with Gasteiger partial charge >= 0.3 is 0 Å². The quantitative estimate of drug-likeness (QED) is 0.787. The fourth-order valence-electron chi connectivity index (χ4n) is 1.32. The zero-order valence-electron chi connectivity index (χ0n) is 8.16. The Balaban J connectivity index is 0.00000112. The van der Waals surface area contributed by atoms with Crippen LogP contribution in [0.5, 0.6) is 0 Å². The van der Waals surface area contributed by atoms with Crippen LogP contribution in [0.2, 0.25) is 5.02 Å². The Morgan fingerprint density at radius 1 is 1.13 bits per heavy atom. The van der Waals surface area contributed by atoms with Crippen molar-refractivity contribution in [2.24, 2.45) is 4.99 Å². The summed E-state index contributed by atoms with van der Waals surface area (Å²) in [6, 6.07) is 7.54. The monoisotopic (exact) mass is 245 g/mol. The summed E-state index contributed by atoms with van der Waals surface area (Å²) >= 11 is 5.77. The van der Waals surface area contributed by atoms with E-state index in [1.165, 1.54) is 0 Å². The summed E-state index contributed by atoms with van der Waals surface area (Å²) in [5.74, 6) is 1.03. The third kappa shape index (κ3) is 3.61. The number of anilines is 1. The van der Waals surface area contributed by atoms with Crippen molar-refractivity contribution < 1.29 is 0 Å². The predicted molar refractivity (Wildman–Crippen MR) is 67.0 cm³/mol. The summed E-state index contributed by atoms with van der Waals surface area (Å²) in [7, 11) is 0. The molecule has 2 N–H and O–H groups in total. The van der Waals surface area contributed by atoms with Crippen molar-refractivity contribution in [2.45, 2.75) is 12.8 Å². The molecule has 2 rings (SSSR count). The van der Waals surface area contributed by atoms with Gasteiger partial charge in [0.15, 0.2) is 0 Å². The summed E-state index contributed by atoms with van der Waals surface area (Å²) in [4.78, 5) is 4.29. The Labute approximate surface area is 100 Å². The summed E-state index contributed by atoms with van der Waals surface area (Å²) < 4.78 is 0. The fourth-order valence-corrected chi connectivity index (χ4v) is 1.45. The highest BCUT2D eigenvalue weighted by Gasteiger charge is 2.04. The molecule has 0 aromatic heterocycles. The molecular weight excluding hydrogens is 233 g/mol. The highest BCUT2D eigenvalue weighted by molar-refractivity contribution is 6.30. The van der Waals surface area contributed by atoms with Crippen LogP contribution in [-0.2, 0) is 0 Å². The van der Waals surface area contributed by atoms with E-state index in [0.29, 0.717) is 0 Å². The van der Waals surface area contributed by atoms with Gasteiger partial charge in [-0.1, -0.05) is 11.6 Å². The van der Waals surface area contributed by atoms with Gasteiger partial charge in [-0.3, -0.25) is 15.8 Å².